The van der Waals surface area contributed by atoms with Gasteiger partial charge in [-0.05, 0) is 31.4 Å². The van der Waals surface area contributed by atoms with Crippen LogP contribution in [0.4, 0.5) is 11.4 Å². The van der Waals surface area contributed by atoms with Crippen LogP contribution in [0.25, 0.3) is 0 Å². The van der Waals surface area contributed by atoms with Crippen molar-refractivity contribution in [1.82, 2.24) is 0 Å². The molecule has 110 valence electrons. The SMILES string of the molecule is CSCCC(C)N(C)c1cc([N+](=O)[O-])ccc1C(=O)O. The fourth-order valence-electron chi connectivity index (χ4n) is 1.83. The number of carboxylic acids is 1. The van der Waals surface area contributed by atoms with Gasteiger partial charge in [-0.15, -0.1) is 0 Å². The third-order valence-electron chi connectivity index (χ3n) is 3.20. The minimum atomic E-state index is -1.08. The minimum absolute atomic E-state index is 0.0779. The summed E-state index contributed by atoms with van der Waals surface area (Å²) in [5.74, 6) is -0.137. The molecule has 1 N–H and O–H groups in total. The maximum atomic E-state index is 11.2. The molecule has 0 aliphatic carbocycles. The molecule has 0 aliphatic heterocycles. The molecule has 0 heterocycles. The number of thioether (sulfide) groups is 1. The summed E-state index contributed by atoms with van der Waals surface area (Å²) in [6.45, 7) is 1.97. The van der Waals surface area contributed by atoms with Crippen LogP contribution >= 0.6 is 11.8 Å². The quantitative estimate of drug-likeness (QED) is 0.615. The first-order chi connectivity index (χ1) is 9.38. The third-order valence-corrected chi connectivity index (χ3v) is 3.85. The largest absolute Gasteiger partial charge is 0.478 e. The van der Waals surface area contributed by atoms with Crippen LogP contribution in [0.2, 0.25) is 0 Å². The van der Waals surface area contributed by atoms with Crippen molar-refractivity contribution < 1.29 is 14.8 Å². The van der Waals surface area contributed by atoms with E-state index >= 15 is 0 Å². The highest BCUT2D eigenvalue weighted by molar-refractivity contribution is 7.98. The standard InChI is InChI=1S/C13H18N2O4S/c1-9(6-7-20-3)14(2)12-8-10(15(18)19)4-5-11(12)13(16)17/h4-5,8-9H,6-7H2,1-3H3,(H,16,17). The Labute approximate surface area is 121 Å². The van der Waals surface area contributed by atoms with Crippen molar-refractivity contribution >= 4 is 29.1 Å². The summed E-state index contributed by atoms with van der Waals surface area (Å²) in [5, 5.41) is 20.0. The molecular weight excluding hydrogens is 280 g/mol. The van der Waals surface area contributed by atoms with E-state index in [0.29, 0.717) is 5.69 Å². The molecule has 0 saturated carbocycles. The van der Waals surface area contributed by atoms with Crippen LogP contribution in [-0.4, -0.2) is 41.1 Å². The molecule has 1 atom stereocenters. The van der Waals surface area contributed by atoms with E-state index in [1.54, 1.807) is 23.7 Å². The van der Waals surface area contributed by atoms with Crippen LogP contribution in [0.5, 0.6) is 0 Å². The number of nitro benzene ring substituents is 1. The molecular formula is C13H18N2O4S. The highest BCUT2D eigenvalue weighted by Crippen LogP contribution is 2.27. The molecule has 0 spiro atoms. The van der Waals surface area contributed by atoms with Gasteiger partial charge in [-0.2, -0.15) is 11.8 Å². The van der Waals surface area contributed by atoms with Gasteiger partial charge in [0.25, 0.3) is 5.69 Å². The zero-order valence-corrected chi connectivity index (χ0v) is 12.5. The first kappa shape index (κ1) is 16.3. The van der Waals surface area contributed by atoms with Gasteiger partial charge in [0.15, 0.2) is 0 Å². The van der Waals surface area contributed by atoms with Crippen molar-refractivity contribution in [2.75, 3.05) is 24.0 Å². The lowest BCUT2D eigenvalue weighted by atomic mass is 10.1. The Hall–Kier alpha value is -1.76. The van der Waals surface area contributed by atoms with Crippen LogP contribution in [-0.2, 0) is 0 Å². The van der Waals surface area contributed by atoms with Crippen LogP contribution in [0.15, 0.2) is 18.2 Å². The molecule has 0 amide bonds. The lowest BCUT2D eigenvalue weighted by Crippen LogP contribution is -2.30. The zero-order valence-electron chi connectivity index (χ0n) is 11.7. The van der Waals surface area contributed by atoms with Gasteiger partial charge >= 0.3 is 5.97 Å². The Kier molecular flexibility index (Phi) is 5.82. The molecule has 0 saturated heterocycles. The molecule has 0 aromatic heterocycles. The van der Waals surface area contributed by atoms with Crippen molar-refractivity contribution in [3.8, 4) is 0 Å². The van der Waals surface area contributed by atoms with E-state index in [1.807, 2.05) is 13.2 Å². The number of anilines is 1. The number of hydrogen-bond donors (Lipinski definition) is 1. The summed E-state index contributed by atoms with van der Waals surface area (Å²) in [5.41, 5.74) is 0.350. The van der Waals surface area contributed by atoms with E-state index in [4.69, 9.17) is 0 Å². The van der Waals surface area contributed by atoms with E-state index in [-0.39, 0.29) is 17.3 Å². The van der Waals surface area contributed by atoms with Crippen LogP contribution in [0.1, 0.15) is 23.7 Å². The maximum absolute atomic E-state index is 11.2. The molecule has 1 rings (SSSR count). The zero-order chi connectivity index (χ0) is 15.3. The van der Waals surface area contributed by atoms with Gasteiger partial charge in [0.1, 0.15) is 0 Å². The summed E-state index contributed by atoms with van der Waals surface area (Å²) in [6, 6.07) is 3.92. The van der Waals surface area contributed by atoms with Gasteiger partial charge in [0.2, 0.25) is 0 Å². The highest BCUT2D eigenvalue weighted by Gasteiger charge is 2.20. The van der Waals surface area contributed by atoms with Gasteiger partial charge in [-0.3, -0.25) is 10.1 Å². The fraction of sp³-hybridized carbons (Fsp3) is 0.462. The third kappa shape index (κ3) is 3.86. The van der Waals surface area contributed by atoms with Crippen molar-refractivity contribution in [3.63, 3.8) is 0 Å². The molecule has 0 fully saturated rings. The predicted molar refractivity (Wildman–Crippen MR) is 80.9 cm³/mol. The summed E-state index contributed by atoms with van der Waals surface area (Å²) in [7, 11) is 1.76. The lowest BCUT2D eigenvalue weighted by molar-refractivity contribution is -0.384. The number of hydrogen-bond acceptors (Lipinski definition) is 5. The topological polar surface area (TPSA) is 83.7 Å². The van der Waals surface area contributed by atoms with E-state index in [2.05, 4.69) is 0 Å². The van der Waals surface area contributed by atoms with Crippen molar-refractivity contribution in [2.45, 2.75) is 19.4 Å². The van der Waals surface area contributed by atoms with Crippen LogP contribution in [0, 0.1) is 10.1 Å². The maximum Gasteiger partial charge on any atom is 0.337 e. The predicted octanol–water partition coefficient (Wildman–Crippen LogP) is 2.87. The Morgan fingerprint density at radius 2 is 2.20 bits per heavy atom. The molecule has 0 bridgehead atoms. The van der Waals surface area contributed by atoms with E-state index in [0.717, 1.165) is 12.2 Å². The van der Waals surface area contributed by atoms with E-state index in [1.165, 1.54) is 18.2 Å². The summed E-state index contributed by atoms with van der Waals surface area (Å²) in [4.78, 5) is 23.3. The number of nitrogens with zero attached hydrogens (tertiary/aromatic N) is 2. The van der Waals surface area contributed by atoms with E-state index < -0.39 is 10.9 Å². The van der Waals surface area contributed by atoms with Gasteiger partial charge in [-0.25, -0.2) is 4.79 Å². The summed E-state index contributed by atoms with van der Waals surface area (Å²) in [6.07, 6.45) is 2.88. The number of non-ortho nitro benzene ring substituents is 1. The number of benzene rings is 1. The molecule has 1 aromatic rings. The molecule has 7 heteroatoms. The molecule has 6 nitrogen and oxygen atoms in total. The fourth-order valence-corrected chi connectivity index (χ4v) is 2.40. The number of rotatable bonds is 7. The average Bonchev–Trinajstić information content (AvgIpc) is 2.42. The van der Waals surface area contributed by atoms with Crippen LogP contribution < -0.4 is 4.90 Å². The second-order valence-electron chi connectivity index (χ2n) is 4.51. The smallest absolute Gasteiger partial charge is 0.337 e. The molecule has 0 radical (unpaired) electrons. The summed E-state index contributed by atoms with van der Waals surface area (Å²) < 4.78 is 0. The minimum Gasteiger partial charge on any atom is -0.478 e. The summed E-state index contributed by atoms with van der Waals surface area (Å²) >= 11 is 1.71. The molecule has 0 aliphatic rings. The normalized spacial score (nSPS) is 11.9. The highest BCUT2D eigenvalue weighted by atomic mass is 32.2. The molecule has 20 heavy (non-hydrogen) atoms. The van der Waals surface area contributed by atoms with Gasteiger partial charge in [0, 0.05) is 25.2 Å². The first-order valence-electron chi connectivity index (χ1n) is 6.12. The monoisotopic (exact) mass is 298 g/mol. The van der Waals surface area contributed by atoms with Crippen LogP contribution in [0.3, 0.4) is 0 Å². The Bertz CT molecular complexity index is 507. The number of carbonyl (C=O) groups is 1. The molecule has 1 unspecified atom stereocenters. The van der Waals surface area contributed by atoms with Crippen molar-refractivity contribution in [2.24, 2.45) is 0 Å². The van der Waals surface area contributed by atoms with Gasteiger partial charge < -0.3 is 10.0 Å². The lowest BCUT2D eigenvalue weighted by Gasteiger charge is -2.28. The second-order valence-corrected chi connectivity index (χ2v) is 5.49. The number of aromatic carboxylic acids is 1. The Morgan fingerprint density at radius 3 is 2.70 bits per heavy atom. The van der Waals surface area contributed by atoms with Gasteiger partial charge in [-0.1, -0.05) is 0 Å². The Balaban J connectivity index is 3.14. The molecule has 1 aromatic carbocycles. The van der Waals surface area contributed by atoms with E-state index in [9.17, 15) is 20.0 Å². The second kappa shape index (κ2) is 7.14. The van der Waals surface area contributed by atoms with Gasteiger partial charge in [0.05, 0.1) is 16.2 Å². The number of carboxylic acid groups (broad SMARTS) is 1. The van der Waals surface area contributed by atoms with Crippen molar-refractivity contribution in [1.29, 1.82) is 0 Å². The average molecular weight is 298 g/mol. The first-order valence-corrected chi connectivity index (χ1v) is 7.51. The Morgan fingerprint density at radius 1 is 1.55 bits per heavy atom. The van der Waals surface area contributed by atoms with Crippen molar-refractivity contribution in [3.05, 3.63) is 33.9 Å². The number of nitro groups is 1.